The molecule has 23 heavy (non-hydrogen) atoms. The van der Waals surface area contributed by atoms with Gasteiger partial charge in [0.2, 0.25) is 0 Å². The molecule has 3 aromatic rings. The topological polar surface area (TPSA) is 88.1 Å². The molecule has 3 rings (SSSR count). The number of pyridine rings is 1. The van der Waals surface area contributed by atoms with Crippen molar-refractivity contribution in [2.45, 2.75) is 6.36 Å². The highest BCUT2D eigenvalue weighted by molar-refractivity contribution is 5.88. The fourth-order valence-corrected chi connectivity index (χ4v) is 2.14. The van der Waals surface area contributed by atoms with Gasteiger partial charge in [0.05, 0.1) is 5.56 Å². The van der Waals surface area contributed by atoms with Crippen LogP contribution in [0.25, 0.3) is 22.3 Å². The van der Waals surface area contributed by atoms with Gasteiger partial charge in [-0.2, -0.15) is 0 Å². The molecule has 0 atom stereocenters. The highest BCUT2D eigenvalue weighted by Crippen LogP contribution is 2.37. The summed E-state index contributed by atoms with van der Waals surface area (Å²) in [5.41, 5.74) is -1.42. The third kappa shape index (κ3) is 2.80. The largest absolute Gasteiger partial charge is 0.573 e. The number of H-pyrrole nitrogens is 1. The van der Waals surface area contributed by atoms with Crippen LogP contribution in [0.4, 0.5) is 13.2 Å². The van der Waals surface area contributed by atoms with Crippen molar-refractivity contribution in [1.82, 2.24) is 15.0 Å². The minimum Gasteiger partial charge on any atom is -0.505 e. The van der Waals surface area contributed by atoms with E-state index in [1.54, 1.807) is 0 Å². The number of benzene rings is 1. The van der Waals surface area contributed by atoms with E-state index in [2.05, 4.69) is 19.7 Å². The van der Waals surface area contributed by atoms with Gasteiger partial charge in [0.25, 0.3) is 5.56 Å². The molecule has 0 aliphatic rings. The summed E-state index contributed by atoms with van der Waals surface area (Å²) in [7, 11) is 0. The molecule has 2 aromatic heterocycles. The Kier molecular flexibility index (Phi) is 3.40. The number of nitrogens with one attached hydrogen (secondary N) is 1. The summed E-state index contributed by atoms with van der Waals surface area (Å²) in [5, 5.41) is 10.2. The van der Waals surface area contributed by atoms with E-state index >= 15 is 0 Å². The summed E-state index contributed by atoms with van der Waals surface area (Å²) in [6.07, 6.45) is -2.35. The fourth-order valence-electron chi connectivity index (χ4n) is 2.14. The molecular weight excluding hydrogens is 315 g/mol. The lowest BCUT2D eigenvalue weighted by Crippen LogP contribution is -2.18. The quantitative estimate of drug-likeness (QED) is 0.757. The normalized spacial score (nSPS) is 11.6. The maximum Gasteiger partial charge on any atom is 0.573 e. The molecule has 0 aliphatic heterocycles. The molecule has 0 radical (unpaired) electrons. The van der Waals surface area contributed by atoms with Crippen molar-refractivity contribution in [3.05, 3.63) is 47.0 Å². The molecule has 0 saturated heterocycles. The molecule has 0 unspecified atom stereocenters. The second-order valence-corrected chi connectivity index (χ2v) is 4.48. The van der Waals surface area contributed by atoms with Gasteiger partial charge in [-0.25, -0.2) is 9.97 Å². The molecule has 0 spiro atoms. The molecule has 118 valence electrons. The molecule has 2 heterocycles. The zero-order chi connectivity index (χ0) is 16.6. The Morgan fingerprint density at radius 1 is 1.13 bits per heavy atom. The summed E-state index contributed by atoms with van der Waals surface area (Å²) in [6.45, 7) is 0. The van der Waals surface area contributed by atoms with Crippen LogP contribution in [-0.2, 0) is 0 Å². The zero-order valence-corrected chi connectivity index (χ0v) is 11.3. The first-order valence-corrected chi connectivity index (χ1v) is 6.28. The number of fused-ring (bicyclic) bond motifs is 1. The molecule has 6 nitrogen and oxygen atoms in total. The van der Waals surface area contributed by atoms with Gasteiger partial charge < -0.3 is 14.8 Å². The first-order chi connectivity index (χ1) is 10.9. The van der Waals surface area contributed by atoms with Gasteiger partial charge in [0, 0.05) is 18.0 Å². The van der Waals surface area contributed by atoms with Gasteiger partial charge in [-0.05, 0) is 6.07 Å². The van der Waals surface area contributed by atoms with Crippen molar-refractivity contribution in [3.8, 4) is 22.6 Å². The molecule has 9 heteroatoms. The van der Waals surface area contributed by atoms with E-state index in [-0.39, 0.29) is 22.3 Å². The standard InChI is InChI=1S/C14H8F3N3O3/c15-14(16,17)23-8-4-2-1-3-7(8)9-11(21)10-12(20-13(9)22)19-6-5-18-10/h1-6H,(H2,19,20,21,22). The number of alkyl halides is 3. The minimum atomic E-state index is -4.94. The molecule has 0 amide bonds. The summed E-state index contributed by atoms with van der Waals surface area (Å²) >= 11 is 0. The van der Waals surface area contributed by atoms with E-state index in [0.717, 1.165) is 6.07 Å². The number of hydrogen-bond acceptors (Lipinski definition) is 5. The second-order valence-electron chi connectivity index (χ2n) is 4.48. The third-order valence-electron chi connectivity index (χ3n) is 3.00. The Morgan fingerprint density at radius 2 is 1.83 bits per heavy atom. The first-order valence-electron chi connectivity index (χ1n) is 6.28. The van der Waals surface area contributed by atoms with E-state index in [4.69, 9.17) is 0 Å². The molecule has 0 fully saturated rings. The number of ether oxygens (including phenoxy) is 1. The van der Waals surface area contributed by atoms with Crippen LogP contribution in [0.1, 0.15) is 0 Å². The minimum absolute atomic E-state index is 0.0213. The number of halogens is 3. The Hall–Kier alpha value is -3.10. The lowest BCUT2D eigenvalue weighted by molar-refractivity contribution is -0.274. The molecule has 2 N–H and O–H groups in total. The predicted octanol–water partition coefficient (Wildman–Crippen LogP) is 2.59. The number of aromatic amines is 1. The van der Waals surface area contributed by atoms with Crippen molar-refractivity contribution in [3.63, 3.8) is 0 Å². The summed E-state index contributed by atoms with van der Waals surface area (Å²) in [5.74, 6) is -1.18. The number of rotatable bonds is 2. The summed E-state index contributed by atoms with van der Waals surface area (Å²) < 4.78 is 41.4. The molecular formula is C14H8F3N3O3. The number of nitrogens with zero attached hydrogens (tertiary/aromatic N) is 2. The Balaban J connectivity index is 2.28. The van der Waals surface area contributed by atoms with Crippen LogP contribution in [0.15, 0.2) is 41.5 Å². The molecule has 0 bridgehead atoms. The molecule has 0 aliphatic carbocycles. The number of hydrogen-bond donors (Lipinski definition) is 2. The molecule has 0 saturated carbocycles. The van der Waals surface area contributed by atoms with E-state index in [0.29, 0.717) is 0 Å². The zero-order valence-electron chi connectivity index (χ0n) is 11.3. The summed E-state index contributed by atoms with van der Waals surface area (Å²) in [6, 6.07) is 5.01. The Bertz CT molecular complexity index is 938. The van der Waals surface area contributed by atoms with Gasteiger partial charge in [0.15, 0.2) is 11.4 Å². The molecule has 1 aromatic carbocycles. The number of aromatic hydroxyl groups is 1. The Morgan fingerprint density at radius 3 is 2.57 bits per heavy atom. The van der Waals surface area contributed by atoms with Crippen LogP contribution in [0.3, 0.4) is 0 Å². The fraction of sp³-hybridized carbons (Fsp3) is 0.0714. The van der Waals surface area contributed by atoms with E-state index in [9.17, 15) is 23.1 Å². The highest BCUT2D eigenvalue weighted by atomic mass is 19.4. The van der Waals surface area contributed by atoms with Crippen LogP contribution < -0.4 is 10.3 Å². The smallest absolute Gasteiger partial charge is 0.505 e. The van der Waals surface area contributed by atoms with Gasteiger partial charge in [0.1, 0.15) is 11.3 Å². The van der Waals surface area contributed by atoms with Gasteiger partial charge in [-0.1, -0.05) is 18.2 Å². The van der Waals surface area contributed by atoms with Gasteiger partial charge in [-0.3, -0.25) is 4.79 Å². The van der Waals surface area contributed by atoms with Gasteiger partial charge in [-0.15, -0.1) is 13.2 Å². The lowest BCUT2D eigenvalue weighted by Gasteiger charge is -2.13. The van der Waals surface area contributed by atoms with Crippen molar-refractivity contribution in [2.75, 3.05) is 0 Å². The number of para-hydroxylation sites is 1. The maximum absolute atomic E-state index is 12.5. The van der Waals surface area contributed by atoms with Crippen LogP contribution in [0, 0.1) is 0 Å². The number of aromatic nitrogens is 3. The maximum atomic E-state index is 12.5. The lowest BCUT2D eigenvalue weighted by atomic mass is 10.0. The average Bonchev–Trinajstić information content (AvgIpc) is 2.47. The van der Waals surface area contributed by atoms with Crippen molar-refractivity contribution in [1.29, 1.82) is 0 Å². The van der Waals surface area contributed by atoms with Gasteiger partial charge >= 0.3 is 6.36 Å². The van der Waals surface area contributed by atoms with Crippen molar-refractivity contribution < 1.29 is 23.0 Å². The van der Waals surface area contributed by atoms with Crippen molar-refractivity contribution >= 4 is 11.2 Å². The Labute approximate surface area is 126 Å². The van der Waals surface area contributed by atoms with E-state index in [1.165, 1.54) is 30.6 Å². The first kappa shape index (κ1) is 14.8. The third-order valence-corrected chi connectivity index (χ3v) is 3.00. The van der Waals surface area contributed by atoms with E-state index in [1.807, 2.05) is 0 Å². The van der Waals surface area contributed by atoms with Crippen molar-refractivity contribution in [2.24, 2.45) is 0 Å². The van der Waals surface area contributed by atoms with E-state index < -0.39 is 23.4 Å². The SMILES string of the molecule is O=c1[nH]c2nccnc2c(O)c1-c1ccccc1OC(F)(F)F. The second kappa shape index (κ2) is 5.27. The van der Waals surface area contributed by atoms with Crippen LogP contribution >= 0.6 is 0 Å². The van der Waals surface area contributed by atoms with Crippen LogP contribution in [-0.4, -0.2) is 26.4 Å². The van der Waals surface area contributed by atoms with Crippen LogP contribution in [0.5, 0.6) is 11.5 Å². The average molecular weight is 323 g/mol. The predicted molar refractivity (Wildman–Crippen MR) is 73.9 cm³/mol. The monoisotopic (exact) mass is 323 g/mol. The highest BCUT2D eigenvalue weighted by Gasteiger charge is 2.33. The van der Waals surface area contributed by atoms with Crippen LogP contribution in [0.2, 0.25) is 0 Å². The summed E-state index contributed by atoms with van der Waals surface area (Å²) in [4.78, 5) is 22.2.